The van der Waals surface area contributed by atoms with Crippen molar-refractivity contribution in [3.8, 4) is 22.9 Å². The molecule has 2 aromatic rings. The minimum Gasteiger partial charge on any atom is -0.486 e. The van der Waals surface area contributed by atoms with Crippen molar-refractivity contribution in [1.82, 2.24) is 19.1 Å². The Balaban J connectivity index is 1.40. The van der Waals surface area contributed by atoms with Crippen LogP contribution in [-0.2, 0) is 17.9 Å². The van der Waals surface area contributed by atoms with Crippen LogP contribution in [0.5, 0.6) is 11.5 Å². The Labute approximate surface area is 187 Å². The summed E-state index contributed by atoms with van der Waals surface area (Å²) in [6.07, 6.45) is 4.80. The zero-order chi connectivity index (χ0) is 22.8. The third-order valence-electron chi connectivity index (χ3n) is 5.15. The molecule has 0 saturated heterocycles. The number of amides is 1. The van der Waals surface area contributed by atoms with Gasteiger partial charge in [0.05, 0.1) is 12.1 Å². The molecule has 10 heteroatoms. The van der Waals surface area contributed by atoms with Gasteiger partial charge in [-0.1, -0.05) is 6.07 Å². The molecule has 0 spiro atoms. The van der Waals surface area contributed by atoms with Crippen LogP contribution in [0.3, 0.4) is 0 Å². The first-order chi connectivity index (χ1) is 16.1. The number of hydrogen-bond donors (Lipinski definition) is 1. The molecule has 0 unspecified atom stereocenters. The molecule has 0 atom stereocenters. The quantitative estimate of drug-likeness (QED) is 0.493. The van der Waals surface area contributed by atoms with Crippen molar-refractivity contribution in [3.63, 3.8) is 0 Å². The summed E-state index contributed by atoms with van der Waals surface area (Å²) in [5.74, 6) is 0.978. The third-order valence-corrected chi connectivity index (χ3v) is 5.15. The van der Waals surface area contributed by atoms with E-state index in [-0.39, 0.29) is 30.4 Å². The zero-order valence-electron chi connectivity index (χ0n) is 17.4. The standard InChI is InChI=1S/C23H19N5O5/c29-20(25-16-5-6-18-19(11-16)33-10-9-32-18)14-27-8-2-4-17-21(27)26-23(31)28(22(17)30)13-15-3-1-7-24-12-15/h1-8,11-12H,9-10,13-14H2,(H,25,29). The molecule has 1 aromatic carbocycles. The molecule has 0 aliphatic carbocycles. The number of nitrogens with one attached hydrogen (secondary N) is 1. The second-order valence-corrected chi connectivity index (χ2v) is 7.43. The highest BCUT2D eigenvalue weighted by molar-refractivity contribution is 5.91. The molecule has 0 bridgehead atoms. The van der Waals surface area contributed by atoms with Crippen LogP contribution in [0, 0.1) is 0 Å². The molecule has 10 nitrogen and oxygen atoms in total. The first kappa shape index (κ1) is 20.4. The van der Waals surface area contributed by atoms with Gasteiger partial charge < -0.3 is 19.4 Å². The number of carbonyl (C=O) groups is 1. The summed E-state index contributed by atoms with van der Waals surface area (Å²) in [6, 6.07) is 11.9. The van der Waals surface area contributed by atoms with Gasteiger partial charge in [-0.05, 0) is 35.9 Å². The van der Waals surface area contributed by atoms with E-state index in [4.69, 9.17) is 9.47 Å². The van der Waals surface area contributed by atoms with Crippen molar-refractivity contribution in [1.29, 1.82) is 0 Å². The number of ether oxygens (including phenoxy) is 2. The van der Waals surface area contributed by atoms with Crippen LogP contribution in [0.2, 0.25) is 0 Å². The number of aromatic nitrogens is 4. The smallest absolute Gasteiger partial charge is 0.352 e. The Morgan fingerprint density at radius 3 is 2.73 bits per heavy atom. The van der Waals surface area contributed by atoms with Gasteiger partial charge in [0.2, 0.25) is 5.91 Å². The number of hydrogen-bond acceptors (Lipinski definition) is 7. The molecule has 166 valence electrons. The summed E-state index contributed by atoms with van der Waals surface area (Å²) >= 11 is 0. The maximum atomic E-state index is 13.0. The van der Waals surface area contributed by atoms with E-state index in [0.29, 0.717) is 36.0 Å². The summed E-state index contributed by atoms with van der Waals surface area (Å²) in [6.45, 7) is 0.852. The second-order valence-electron chi connectivity index (χ2n) is 7.43. The summed E-state index contributed by atoms with van der Waals surface area (Å²) in [5.41, 5.74) is 0.328. The van der Waals surface area contributed by atoms with Gasteiger partial charge in [-0.3, -0.25) is 19.1 Å². The highest BCUT2D eigenvalue weighted by Crippen LogP contribution is 2.32. The van der Waals surface area contributed by atoms with Crippen molar-refractivity contribution in [2.45, 2.75) is 13.1 Å². The fraction of sp³-hybridized carbons (Fsp3) is 0.174. The lowest BCUT2D eigenvalue weighted by atomic mass is 10.2. The number of nitrogens with zero attached hydrogens (tertiary/aromatic N) is 4. The number of fused-ring (bicyclic) bond motifs is 2. The van der Waals surface area contributed by atoms with Crippen LogP contribution in [0.1, 0.15) is 5.56 Å². The molecule has 1 N–H and O–H groups in total. The average Bonchev–Trinajstić information content (AvgIpc) is 2.83. The molecule has 0 radical (unpaired) electrons. The minimum atomic E-state index is -0.691. The fourth-order valence-corrected chi connectivity index (χ4v) is 3.64. The fourth-order valence-electron chi connectivity index (χ4n) is 3.64. The van der Waals surface area contributed by atoms with Crippen molar-refractivity contribution in [3.05, 3.63) is 87.5 Å². The number of anilines is 1. The Morgan fingerprint density at radius 1 is 1.06 bits per heavy atom. The first-order valence-corrected chi connectivity index (χ1v) is 10.3. The molecule has 3 aliphatic heterocycles. The molecule has 3 aliphatic rings. The number of benzene rings is 1. The molecule has 5 rings (SSSR count). The van der Waals surface area contributed by atoms with Gasteiger partial charge in [-0.25, -0.2) is 4.79 Å². The summed E-state index contributed by atoms with van der Waals surface area (Å²) in [4.78, 5) is 46.4. The topological polar surface area (TPSA) is 117 Å². The van der Waals surface area contributed by atoms with Crippen LogP contribution in [0.4, 0.5) is 5.69 Å². The van der Waals surface area contributed by atoms with Gasteiger partial charge in [0.25, 0.3) is 5.56 Å². The molecule has 0 saturated carbocycles. The maximum absolute atomic E-state index is 13.0. The summed E-state index contributed by atoms with van der Waals surface area (Å²) in [7, 11) is 0. The Kier molecular flexibility index (Phi) is 5.31. The monoisotopic (exact) mass is 445 g/mol. The van der Waals surface area contributed by atoms with Gasteiger partial charge in [-0.15, -0.1) is 0 Å². The SMILES string of the molecule is O=C(Cn1cccc2c(=O)n(Cc3cccnc3)c(=O)nc1-2)Nc1ccc2c(c1)OCCO2. The van der Waals surface area contributed by atoms with Crippen LogP contribution in [0.15, 0.2) is 70.6 Å². The van der Waals surface area contributed by atoms with Gasteiger partial charge in [0.1, 0.15) is 19.8 Å². The van der Waals surface area contributed by atoms with E-state index in [1.54, 1.807) is 61.1 Å². The Bertz CT molecular complexity index is 1410. The van der Waals surface area contributed by atoms with Crippen LogP contribution >= 0.6 is 0 Å². The largest absolute Gasteiger partial charge is 0.486 e. The lowest BCUT2D eigenvalue weighted by Gasteiger charge is -2.19. The van der Waals surface area contributed by atoms with Crippen LogP contribution in [-0.4, -0.2) is 38.2 Å². The molecular weight excluding hydrogens is 426 g/mol. The van der Waals surface area contributed by atoms with Gasteiger partial charge in [0, 0.05) is 30.3 Å². The Morgan fingerprint density at radius 2 is 1.91 bits per heavy atom. The first-order valence-electron chi connectivity index (χ1n) is 10.3. The number of pyridine rings is 2. The molecular formula is C23H19N5O5. The molecule has 4 heterocycles. The van der Waals surface area contributed by atoms with Crippen molar-refractivity contribution in [2.75, 3.05) is 18.5 Å². The van der Waals surface area contributed by atoms with E-state index in [0.717, 1.165) is 4.57 Å². The van der Waals surface area contributed by atoms with E-state index >= 15 is 0 Å². The van der Waals surface area contributed by atoms with Gasteiger partial charge >= 0.3 is 5.69 Å². The van der Waals surface area contributed by atoms with Crippen LogP contribution < -0.4 is 26.0 Å². The molecule has 33 heavy (non-hydrogen) atoms. The predicted molar refractivity (Wildman–Crippen MR) is 119 cm³/mol. The average molecular weight is 445 g/mol. The highest BCUT2D eigenvalue weighted by Gasteiger charge is 2.19. The number of carbonyl (C=O) groups excluding carboxylic acids is 1. The summed E-state index contributed by atoms with van der Waals surface area (Å²) in [5, 5.41) is 2.79. The minimum absolute atomic E-state index is 0.0634. The lowest BCUT2D eigenvalue weighted by molar-refractivity contribution is -0.116. The third kappa shape index (κ3) is 4.18. The van der Waals surface area contributed by atoms with Crippen molar-refractivity contribution >= 4 is 11.6 Å². The lowest BCUT2D eigenvalue weighted by Crippen LogP contribution is -2.38. The second kappa shape index (κ2) is 8.58. The molecule has 0 fully saturated rings. The normalized spacial score (nSPS) is 12.5. The van der Waals surface area contributed by atoms with Crippen LogP contribution in [0.25, 0.3) is 11.4 Å². The van der Waals surface area contributed by atoms with E-state index in [9.17, 15) is 14.4 Å². The number of rotatable bonds is 5. The van der Waals surface area contributed by atoms with Crippen molar-refractivity contribution < 1.29 is 14.3 Å². The zero-order valence-corrected chi connectivity index (χ0v) is 17.4. The molecule has 1 aromatic heterocycles. The Hall–Kier alpha value is -4.47. The summed E-state index contributed by atoms with van der Waals surface area (Å²) < 4.78 is 13.5. The van der Waals surface area contributed by atoms with Gasteiger partial charge in [-0.2, -0.15) is 4.98 Å². The molecule has 1 amide bonds. The highest BCUT2D eigenvalue weighted by atomic mass is 16.6. The maximum Gasteiger partial charge on any atom is 0.352 e. The van der Waals surface area contributed by atoms with Crippen molar-refractivity contribution in [2.24, 2.45) is 0 Å². The van der Waals surface area contributed by atoms with E-state index in [2.05, 4.69) is 15.3 Å². The predicted octanol–water partition coefficient (Wildman–Crippen LogP) is 1.36. The van der Waals surface area contributed by atoms with E-state index in [1.807, 2.05) is 0 Å². The van der Waals surface area contributed by atoms with E-state index < -0.39 is 11.2 Å². The van der Waals surface area contributed by atoms with E-state index in [1.165, 1.54) is 4.57 Å². The van der Waals surface area contributed by atoms with Gasteiger partial charge in [0.15, 0.2) is 17.3 Å².